The van der Waals surface area contributed by atoms with Crippen molar-refractivity contribution in [2.45, 2.75) is 19.4 Å². The Balaban J connectivity index is 1.48. The summed E-state index contributed by atoms with van der Waals surface area (Å²) in [5.41, 5.74) is 2.21. The van der Waals surface area contributed by atoms with Gasteiger partial charge in [-0.3, -0.25) is 4.90 Å². The molecule has 0 unspecified atom stereocenters. The third kappa shape index (κ3) is 4.83. The molecule has 0 spiro atoms. The van der Waals surface area contributed by atoms with E-state index in [1.807, 2.05) is 35.2 Å². The first-order chi connectivity index (χ1) is 11.8. The smallest absolute Gasteiger partial charge is 0.321 e. The molecule has 0 atom stereocenters. The van der Waals surface area contributed by atoms with Gasteiger partial charge in [-0.15, -0.1) is 0 Å². The highest BCUT2D eigenvalue weighted by Crippen LogP contribution is 2.11. The highest BCUT2D eigenvalue weighted by molar-refractivity contribution is 5.89. The second-order valence-corrected chi connectivity index (χ2v) is 6.25. The average Bonchev–Trinajstić information content (AvgIpc) is 2.59. The summed E-state index contributed by atoms with van der Waals surface area (Å²) in [4.78, 5) is 16.8. The number of benzene rings is 2. The van der Waals surface area contributed by atoms with Gasteiger partial charge >= 0.3 is 6.03 Å². The number of nitrogens with one attached hydrogen (secondary N) is 1. The van der Waals surface area contributed by atoms with Crippen LogP contribution in [0.1, 0.15) is 18.4 Å². The topological polar surface area (TPSA) is 35.6 Å². The maximum atomic E-state index is 12.4. The molecule has 4 nitrogen and oxygen atoms in total. The maximum Gasteiger partial charge on any atom is 0.321 e. The summed E-state index contributed by atoms with van der Waals surface area (Å²) in [6.07, 6.45) is 2.02. The predicted octanol–water partition coefficient (Wildman–Crippen LogP) is 3.82. The number of para-hydroxylation sites is 1. The Morgan fingerprint density at radius 2 is 1.42 bits per heavy atom. The Morgan fingerprint density at radius 1 is 0.833 bits per heavy atom. The molecular formula is C20H25N3O. The Morgan fingerprint density at radius 3 is 2.04 bits per heavy atom. The SMILES string of the molecule is O=C(Nc1ccccc1)N1CCCN(Cc2ccccc2)CCC1. The first-order valence-electron chi connectivity index (χ1n) is 8.68. The lowest BCUT2D eigenvalue weighted by Gasteiger charge is -2.30. The van der Waals surface area contributed by atoms with Gasteiger partial charge in [-0.1, -0.05) is 48.5 Å². The number of urea groups is 1. The molecule has 0 radical (unpaired) electrons. The van der Waals surface area contributed by atoms with Crippen molar-refractivity contribution in [2.75, 3.05) is 31.5 Å². The van der Waals surface area contributed by atoms with Gasteiger partial charge in [-0.2, -0.15) is 0 Å². The molecule has 1 aliphatic rings. The van der Waals surface area contributed by atoms with Gasteiger partial charge in [-0.05, 0) is 30.5 Å². The summed E-state index contributed by atoms with van der Waals surface area (Å²) in [7, 11) is 0. The van der Waals surface area contributed by atoms with Crippen LogP contribution >= 0.6 is 0 Å². The van der Waals surface area contributed by atoms with E-state index < -0.39 is 0 Å². The van der Waals surface area contributed by atoms with Crippen molar-refractivity contribution in [3.05, 3.63) is 66.2 Å². The molecule has 1 N–H and O–H groups in total. The van der Waals surface area contributed by atoms with Crippen molar-refractivity contribution in [1.82, 2.24) is 9.80 Å². The van der Waals surface area contributed by atoms with Crippen LogP contribution in [0.15, 0.2) is 60.7 Å². The molecule has 1 saturated heterocycles. The van der Waals surface area contributed by atoms with E-state index in [9.17, 15) is 4.79 Å². The zero-order valence-corrected chi connectivity index (χ0v) is 14.0. The quantitative estimate of drug-likeness (QED) is 0.932. The van der Waals surface area contributed by atoms with Crippen LogP contribution in [-0.4, -0.2) is 42.0 Å². The zero-order valence-electron chi connectivity index (χ0n) is 14.0. The number of anilines is 1. The van der Waals surface area contributed by atoms with Crippen molar-refractivity contribution in [3.63, 3.8) is 0 Å². The van der Waals surface area contributed by atoms with Crippen LogP contribution in [0.25, 0.3) is 0 Å². The molecule has 126 valence electrons. The van der Waals surface area contributed by atoms with Crippen LogP contribution in [0, 0.1) is 0 Å². The van der Waals surface area contributed by atoms with E-state index in [0.29, 0.717) is 0 Å². The Kier molecular flexibility index (Phi) is 5.85. The third-order valence-electron chi connectivity index (χ3n) is 4.37. The lowest BCUT2D eigenvalue weighted by atomic mass is 10.2. The fourth-order valence-corrected chi connectivity index (χ4v) is 3.12. The summed E-state index contributed by atoms with van der Waals surface area (Å²) in [6, 6.07) is 20.3. The van der Waals surface area contributed by atoms with Crippen LogP contribution in [0.5, 0.6) is 0 Å². The number of carbonyl (C=O) groups is 1. The molecular weight excluding hydrogens is 298 g/mol. The number of amides is 2. The van der Waals surface area contributed by atoms with Gasteiger partial charge in [0.1, 0.15) is 0 Å². The molecule has 24 heavy (non-hydrogen) atoms. The molecule has 0 aliphatic carbocycles. The molecule has 2 amide bonds. The van der Waals surface area contributed by atoms with E-state index in [4.69, 9.17) is 0 Å². The standard InChI is InChI=1S/C20H25N3O/c24-20(21-19-11-5-2-6-12-19)23-15-7-13-22(14-8-16-23)17-18-9-3-1-4-10-18/h1-6,9-12H,7-8,13-17H2,(H,21,24). The van der Waals surface area contributed by atoms with Gasteiger partial charge in [0.25, 0.3) is 0 Å². The van der Waals surface area contributed by atoms with E-state index in [1.54, 1.807) is 0 Å². The maximum absolute atomic E-state index is 12.4. The zero-order chi connectivity index (χ0) is 16.6. The molecule has 2 aromatic carbocycles. The van der Waals surface area contributed by atoms with E-state index in [2.05, 4.69) is 40.5 Å². The molecule has 1 fully saturated rings. The van der Waals surface area contributed by atoms with Crippen LogP contribution < -0.4 is 5.32 Å². The predicted molar refractivity (Wildman–Crippen MR) is 98.0 cm³/mol. The first kappa shape index (κ1) is 16.5. The van der Waals surface area contributed by atoms with E-state index in [-0.39, 0.29) is 6.03 Å². The first-order valence-corrected chi connectivity index (χ1v) is 8.68. The summed E-state index contributed by atoms with van der Waals surface area (Å²) >= 11 is 0. The van der Waals surface area contributed by atoms with Gasteiger partial charge in [0.15, 0.2) is 0 Å². The summed E-state index contributed by atoms with van der Waals surface area (Å²) in [5, 5.41) is 2.98. The van der Waals surface area contributed by atoms with Gasteiger partial charge in [0.2, 0.25) is 0 Å². The van der Waals surface area contributed by atoms with E-state index in [0.717, 1.165) is 51.3 Å². The lowest BCUT2D eigenvalue weighted by molar-refractivity contribution is 0.178. The molecule has 2 aromatic rings. The Hall–Kier alpha value is -2.33. The Bertz CT molecular complexity index is 620. The second kappa shape index (κ2) is 8.50. The second-order valence-electron chi connectivity index (χ2n) is 6.25. The van der Waals surface area contributed by atoms with Crippen LogP contribution in [-0.2, 0) is 6.54 Å². The lowest BCUT2D eigenvalue weighted by Crippen LogP contribution is -2.41. The summed E-state index contributed by atoms with van der Waals surface area (Å²) in [6.45, 7) is 4.68. The van der Waals surface area contributed by atoms with E-state index in [1.165, 1.54) is 5.56 Å². The molecule has 4 heteroatoms. The fraction of sp³-hybridized carbons (Fsp3) is 0.350. The minimum Gasteiger partial charge on any atom is -0.324 e. The number of rotatable bonds is 3. The van der Waals surface area contributed by atoms with Crippen molar-refractivity contribution in [3.8, 4) is 0 Å². The van der Waals surface area contributed by atoms with Gasteiger partial charge in [0.05, 0.1) is 0 Å². The van der Waals surface area contributed by atoms with Crippen LogP contribution in [0.2, 0.25) is 0 Å². The van der Waals surface area contributed by atoms with Crippen molar-refractivity contribution in [1.29, 1.82) is 0 Å². The number of carbonyl (C=O) groups excluding carboxylic acids is 1. The van der Waals surface area contributed by atoms with E-state index >= 15 is 0 Å². The Labute approximate surface area is 144 Å². The van der Waals surface area contributed by atoms with Gasteiger partial charge in [-0.25, -0.2) is 4.79 Å². The minimum atomic E-state index is 0.0118. The number of hydrogen-bond donors (Lipinski definition) is 1. The van der Waals surface area contributed by atoms with Gasteiger partial charge in [0, 0.05) is 38.4 Å². The highest BCUT2D eigenvalue weighted by atomic mass is 16.2. The number of nitrogens with zero attached hydrogens (tertiary/aromatic N) is 2. The molecule has 0 aromatic heterocycles. The molecule has 0 bridgehead atoms. The van der Waals surface area contributed by atoms with Crippen molar-refractivity contribution < 1.29 is 4.79 Å². The van der Waals surface area contributed by atoms with Crippen LogP contribution in [0.4, 0.5) is 10.5 Å². The van der Waals surface area contributed by atoms with Crippen molar-refractivity contribution >= 4 is 11.7 Å². The summed E-state index contributed by atoms with van der Waals surface area (Å²) in [5.74, 6) is 0. The fourth-order valence-electron chi connectivity index (χ4n) is 3.12. The van der Waals surface area contributed by atoms with Crippen LogP contribution in [0.3, 0.4) is 0 Å². The highest BCUT2D eigenvalue weighted by Gasteiger charge is 2.17. The molecule has 1 aliphatic heterocycles. The average molecular weight is 323 g/mol. The third-order valence-corrected chi connectivity index (χ3v) is 4.37. The molecule has 0 saturated carbocycles. The molecule has 1 heterocycles. The number of hydrogen-bond acceptors (Lipinski definition) is 2. The molecule has 3 rings (SSSR count). The van der Waals surface area contributed by atoms with Crippen molar-refractivity contribution in [2.24, 2.45) is 0 Å². The largest absolute Gasteiger partial charge is 0.324 e. The normalized spacial score (nSPS) is 16.2. The van der Waals surface area contributed by atoms with Gasteiger partial charge < -0.3 is 10.2 Å². The summed E-state index contributed by atoms with van der Waals surface area (Å²) < 4.78 is 0. The minimum absolute atomic E-state index is 0.0118. The monoisotopic (exact) mass is 323 g/mol.